The van der Waals surface area contributed by atoms with Crippen molar-refractivity contribution in [3.63, 3.8) is 0 Å². The number of hydrogen-bond donors (Lipinski definition) is 1. The SMILES string of the molecule is Nc1nc(Cl)c2c(ncn2Cc2c(F)cccc2F)n1. The first-order valence-electron chi connectivity index (χ1n) is 5.63. The van der Waals surface area contributed by atoms with Crippen LogP contribution in [-0.4, -0.2) is 19.5 Å². The van der Waals surface area contributed by atoms with Crippen LogP contribution in [0.25, 0.3) is 11.2 Å². The van der Waals surface area contributed by atoms with E-state index in [-0.39, 0.29) is 28.9 Å². The van der Waals surface area contributed by atoms with E-state index in [1.165, 1.54) is 29.1 Å². The quantitative estimate of drug-likeness (QED) is 0.737. The van der Waals surface area contributed by atoms with Crippen LogP contribution in [0.4, 0.5) is 14.7 Å². The number of benzene rings is 1. The fraction of sp³-hybridized carbons (Fsp3) is 0.0833. The summed E-state index contributed by atoms with van der Waals surface area (Å²) in [6.07, 6.45) is 1.39. The third-order valence-corrected chi connectivity index (χ3v) is 3.10. The lowest BCUT2D eigenvalue weighted by molar-refractivity contribution is 0.546. The topological polar surface area (TPSA) is 69.6 Å². The number of hydrogen-bond acceptors (Lipinski definition) is 4. The second-order valence-corrected chi connectivity index (χ2v) is 4.48. The molecule has 2 aromatic heterocycles. The van der Waals surface area contributed by atoms with Gasteiger partial charge in [-0.05, 0) is 12.1 Å². The highest BCUT2D eigenvalue weighted by molar-refractivity contribution is 6.33. The fourth-order valence-electron chi connectivity index (χ4n) is 1.92. The first-order valence-corrected chi connectivity index (χ1v) is 6.01. The summed E-state index contributed by atoms with van der Waals surface area (Å²) < 4.78 is 28.8. The first-order chi connectivity index (χ1) is 9.56. The lowest BCUT2D eigenvalue weighted by Crippen LogP contribution is -2.05. The molecule has 3 aromatic rings. The molecule has 0 unspecified atom stereocenters. The van der Waals surface area contributed by atoms with Crippen molar-refractivity contribution in [3.05, 3.63) is 46.9 Å². The number of halogens is 3. The summed E-state index contributed by atoms with van der Waals surface area (Å²) in [4.78, 5) is 11.7. The Hall–Kier alpha value is -2.28. The van der Waals surface area contributed by atoms with Crippen molar-refractivity contribution in [2.24, 2.45) is 0 Å². The van der Waals surface area contributed by atoms with Gasteiger partial charge in [0.1, 0.15) is 17.2 Å². The lowest BCUT2D eigenvalue weighted by Gasteiger charge is -2.07. The Morgan fingerprint density at radius 2 is 1.90 bits per heavy atom. The third kappa shape index (κ3) is 2.05. The van der Waals surface area contributed by atoms with E-state index in [2.05, 4.69) is 15.0 Å². The molecular weight excluding hydrogens is 288 g/mol. The molecule has 0 fully saturated rings. The fourth-order valence-corrected chi connectivity index (χ4v) is 2.20. The van der Waals surface area contributed by atoms with E-state index in [4.69, 9.17) is 17.3 Å². The number of nitrogens with zero attached hydrogens (tertiary/aromatic N) is 4. The van der Waals surface area contributed by atoms with Gasteiger partial charge in [0.05, 0.1) is 12.9 Å². The highest BCUT2D eigenvalue weighted by Gasteiger charge is 2.14. The molecule has 0 atom stereocenters. The number of nitrogens with two attached hydrogens (primary N) is 1. The molecule has 2 N–H and O–H groups in total. The van der Waals surface area contributed by atoms with Crippen molar-refractivity contribution in [2.75, 3.05) is 5.73 Å². The smallest absolute Gasteiger partial charge is 0.223 e. The predicted octanol–water partition coefficient (Wildman–Crippen LogP) is 2.39. The molecule has 0 amide bonds. The summed E-state index contributed by atoms with van der Waals surface area (Å²) in [5.41, 5.74) is 6.03. The summed E-state index contributed by atoms with van der Waals surface area (Å²) in [5, 5.41) is 0.0850. The van der Waals surface area contributed by atoms with E-state index in [1.807, 2.05) is 0 Å². The zero-order valence-corrected chi connectivity index (χ0v) is 10.8. The van der Waals surface area contributed by atoms with Gasteiger partial charge in [-0.25, -0.2) is 13.8 Å². The van der Waals surface area contributed by atoms with E-state index in [0.717, 1.165) is 0 Å². The van der Waals surface area contributed by atoms with Gasteiger partial charge in [-0.1, -0.05) is 17.7 Å². The van der Waals surface area contributed by atoms with Crippen LogP contribution in [0, 0.1) is 11.6 Å². The van der Waals surface area contributed by atoms with Gasteiger partial charge >= 0.3 is 0 Å². The number of anilines is 1. The van der Waals surface area contributed by atoms with Gasteiger partial charge in [0.25, 0.3) is 0 Å². The molecule has 2 heterocycles. The van der Waals surface area contributed by atoms with E-state index in [1.54, 1.807) is 0 Å². The maximum absolute atomic E-state index is 13.6. The Morgan fingerprint density at radius 3 is 2.60 bits per heavy atom. The summed E-state index contributed by atoms with van der Waals surface area (Å²) in [6, 6.07) is 3.68. The normalized spacial score (nSPS) is 11.2. The van der Waals surface area contributed by atoms with Crippen molar-refractivity contribution < 1.29 is 8.78 Å². The number of fused-ring (bicyclic) bond motifs is 1. The Labute approximate surface area is 117 Å². The first kappa shape index (κ1) is 12.7. The third-order valence-electron chi connectivity index (χ3n) is 2.84. The molecule has 102 valence electrons. The Bertz CT molecular complexity index is 782. The molecule has 0 aliphatic heterocycles. The number of aromatic nitrogens is 4. The molecule has 0 radical (unpaired) electrons. The van der Waals surface area contributed by atoms with E-state index >= 15 is 0 Å². The van der Waals surface area contributed by atoms with Crippen LogP contribution in [0.2, 0.25) is 5.15 Å². The van der Waals surface area contributed by atoms with Crippen molar-refractivity contribution >= 4 is 28.7 Å². The van der Waals surface area contributed by atoms with Crippen LogP contribution in [0.5, 0.6) is 0 Å². The summed E-state index contributed by atoms with van der Waals surface area (Å²) in [7, 11) is 0. The highest BCUT2D eigenvalue weighted by atomic mass is 35.5. The van der Waals surface area contributed by atoms with Crippen LogP contribution in [0.3, 0.4) is 0 Å². The molecule has 0 aliphatic carbocycles. The number of imidazole rings is 1. The van der Waals surface area contributed by atoms with Crippen molar-refractivity contribution in [1.29, 1.82) is 0 Å². The molecule has 0 spiro atoms. The van der Waals surface area contributed by atoms with Crippen LogP contribution >= 0.6 is 11.6 Å². The van der Waals surface area contributed by atoms with Crippen molar-refractivity contribution in [1.82, 2.24) is 19.5 Å². The van der Waals surface area contributed by atoms with Crippen molar-refractivity contribution in [3.8, 4) is 0 Å². The molecule has 8 heteroatoms. The second kappa shape index (κ2) is 4.68. The molecule has 20 heavy (non-hydrogen) atoms. The molecule has 0 saturated carbocycles. The summed E-state index contributed by atoms with van der Waals surface area (Å²) in [6.45, 7) is -0.0675. The minimum Gasteiger partial charge on any atom is -0.368 e. The lowest BCUT2D eigenvalue weighted by atomic mass is 10.2. The van der Waals surface area contributed by atoms with Gasteiger partial charge in [0.2, 0.25) is 5.95 Å². The van der Waals surface area contributed by atoms with Crippen LogP contribution in [-0.2, 0) is 6.54 Å². The molecule has 0 saturated heterocycles. The minimum atomic E-state index is -0.640. The maximum Gasteiger partial charge on any atom is 0.223 e. The minimum absolute atomic E-state index is 0.00942. The monoisotopic (exact) mass is 295 g/mol. The van der Waals surface area contributed by atoms with E-state index in [9.17, 15) is 8.78 Å². The van der Waals surface area contributed by atoms with Gasteiger partial charge in [-0.2, -0.15) is 9.97 Å². The number of rotatable bonds is 2. The average molecular weight is 296 g/mol. The van der Waals surface area contributed by atoms with Gasteiger partial charge < -0.3 is 10.3 Å². The molecular formula is C12H8ClF2N5. The van der Waals surface area contributed by atoms with Crippen molar-refractivity contribution in [2.45, 2.75) is 6.54 Å². The van der Waals surface area contributed by atoms with Crippen LogP contribution in [0.15, 0.2) is 24.5 Å². The zero-order chi connectivity index (χ0) is 14.3. The zero-order valence-electron chi connectivity index (χ0n) is 10.0. The average Bonchev–Trinajstić information content (AvgIpc) is 2.77. The largest absolute Gasteiger partial charge is 0.368 e. The molecule has 3 rings (SSSR count). The van der Waals surface area contributed by atoms with Gasteiger partial charge in [0, 0.05) is 5.56 Å². The van der Waals surface area contributed by atoms with E-state index in [0.29, 0.717) is 5.52 Å². The second-order valence-electron chi connectivity index (χ2n) is 4.12. The Kier molecular flexibility index (Phi) is 2.98. The molecule has 1 aromatic carbocycles. The highest BCUT2D eigenvalue weighted by Crippen LogP contribution is 2.22. The standard InChI is InChI=1S/C12H8ClF2N5/c13-10-9-11(19-12(16)18-10)17-5-20(9)4-6-7(14)2-1-3-8(6)15/h1-3,5H,4H2,(H2,16,18,19). The molecule has 0 bridgehead atoms. The van der Waals surface area contributed by atoms with Crippen LogP contribution < -0.4 is 5.73 Å². The summed E-state index contributed by atoms with van der Waals surface area (Å²) >= 11 is 5.98. The predicted molar refractivity (Wildman–Crippen MR) is 70.2 cm³/mol. The van der Waals surface area contributed by atoms with Gasteiger partial charge in [0.15, 0.2) is 10.8 Å². The van der Waals surface area contributed by atoms with Gasteiger partial charge in [-0.3, -0.25) is 0 Å². The summed E-state index contributed by atoms with van der Waals surface area (Å²) in [5.74, 6) is -1.29. The maximum atomic E-state index is 13.6. The van der Waals surface area contributed by atoms with Gasteiger partial charge in [-0.15, -0.1) is 0 Å². The Morgan fingerprint density at radius 1 is 1.20 bits per heavy atom. The Balaban J connectivity index is 2.12. The molecule has 5 nitrogen and oxygen atoms in total. The number of nitrogen functional groups attached to an aromatic ring is 1. The van der Waals surface area contributed by atoms with E-state index < -0.39 is 11.6 Å². The van der Waals surface area contributed by atoms with Crippen LogP contribution in [0.1, 0.15) is 5.56 Å². The molecule has 0 aliphatic rings.